The van der Waals surface area contributed by atoms with Gasteiger partial charge in [-0.3, -0.25) is 0 Å². The van der Waals surface area contributed by atoms with Crippen LogP contribution in [-0.4, -0.2) is 19.6 Å². The van der Waals surface area contributed by atoms with Crippen molar-refractivity contribution >= 4 is 0 Å². The lowest BCUT2D eigenvalue weighted by Gasteiger charge is -2.67. The molecule has 4 bridgehead atoms. The average molecular weight is 308 g/mol. The molecule has 0 heterocycles. The fourth-order valence-corrected chi connectivity index (χ4v) is 7.33. The fourth-order valence-electron chi connectivity index (χ4n) is 7.33. The molecule has 128 valence electrons. The van der Waals surface area contributed by atoms with Crippen LogP contribution in [0, 0.1) is 22.2 Å². The molecule has 6 N–H and O–H groups in total. The first-order valence-corrected chi connectivity index (χ1v) is 9.69. The maximum atomic E-state index is 5.85. The van der Waals surface area contributed by atoms with Gasteiger partial charge in [0.05, 0.1) is 0 Å². The Labute approximate surface area is 136 Å². The van der Waals surface area contributed by atoms with Crippen LogP contribution in [-0.2, 0) is 0 Å². The van der Waals surface area contributed by atoms with Crippen LogP contribution >= 0.6 is 0 Å². The van der Waals surface area contributed by atoms with Gasteiger partial charge in [0.15, 0.2) is 0 Å². The molecule has 0 radical (unpaired) electrons. The minimum absolute atomic E-state index is 0.613. The van der Waals surface area contributed by atoms with Gasteiger partial charge in [-0.15, -0.1) is 0 Å². The summed E-state index contributed by atoms with van der Waals surface area (Å²) in [5, 5.41) is 0. The van der Waals surface area contributed by atoms with E-state index in [4.69, 9.17) is 17.2 Å². The zero-order valence-electron chi connectivity index (χ0n) is 14.4. The first-order valence-electron chi connectivity index (χ1n) is 9.69. The molecule has 0 aromatic heterocycles. The molecule has 0 aliphatic heterocycles. The van der Waals surface area contributed by atoms with Crippen molar-refractivity contribution in [2.24, 2.45) is 39.4 Å². The second kappa shape index (κ2) is 6.41. The van der Waals surface area contributed by atoms with Crippen molar-refractivity contribution < 1.29 is 0 Å². The molecular weight excluding hydrogens is 270 g/mol. The van der Waals surface area contributed by atoms with E-state index in [-0.39, 0.29) is 0 Å². The Kier molecular flexibility index (Phi) is 4.87. The van der Waals surface area contributed by atoms with Gasteiger partial charge in [-0.25, -0.2) is 0 Å². The molecule has 4 fully saturated rings. The van der Waals surface area contributed by atoms with E-state index in [0.29, 0.717) is 16.2 Å². The molecule has 3 heteroatoms. The van der Waals surface area contributed by atoms with Crippen LogP contribution in [0.15, 0.2) is 0 Å². The monoisotopic (exact) mass is 307 g/mol. The van der Waals surface area contributed by atoms with Gasteiger partial charge in [-0.1, -0.05) is 0 Å². The lowest BCUT2D eigenvalue weighted by atomic mass is 9.37. The molecule has 0 saturated heterocycles. The Morgan fingerprint density at radius 3 is 1.18 bits per heavy atom. The van der Waals surface area contributed by atoms with Crippen molar-refractivity contribution in [1.29, 1.82) is 0 Å². The van der Waals surface area contributed by atoms with Crippen LogP contribution in [0.4, 0.5) is 0 Å². The summed E-state index contributed by atoms with van der Waals surface area (Å²) in [6.45, 7) is 2.58. The molecule has 0 aromatic carbocycles. The van der Waals surface area contributed by atoms with Gasteiger partial charge in [0.25, 0.3) is 0 Å². The third-order valence-electron chi connectivity index (χ3n) is 7.15. The van der Waals surface area contributed by atoms with Crippen LogP contribution < -0.4 is 17.2 Å². The van der Waals surface area contributed by atoms with Gasteiger partial charge in [-0.05, 0) is 119 Å². The largest absolute Gasteiger partial charge is 0.330 e. The van der Waals surface area contributed by atoms with E-state index in [9.17, 15) is 0 Å². The van der Waals surface area contributed by atoms with Crippen LogP contribution in [0.3, 0.4) is 0 Å². The number of hydrogen-bond acceptors (Lipinski definition) is 3. The van der Waals surface area contributed by atoms with Crippen molar-refractivity contribution in [1.82, 2.24) is 0 Å². The molecule has 4 aliphatic rings. The maximum Gasteiger partial charge on any atom is -0.00771 e. The molecule has 4 saturated carbocycles. The zero-order valence-corrected chi connectivity index (χ0v) is 14.4. The smallest absolute Gasteiger partial charge is 0.00771 e. The quantitative estimate of drug-likeness (QED) is 0.612. The first kappa shape index (κ1) is 16.7. The molecular formula is C19H37N3. The van der Waals surface area contributed by atoms with Gasteiger partial charge < -0.3 is 17.2 Å². The molecule has 0 unspecified atom stereocenters. The van der Waals surface area contributed by atoms with E-state index in [2.05, 4.69) is 0 Å². The van der Waals surface area contributed by atoms with Crippen molar-refractivity contribution in [3.63, 3.8) is 0 Å². The van der Waals surface area contributed by atoms with Gasteiger partial charge in [0.2, 0.25) is 0 Å². The second-order valence-electron chi connectivity index (χ2n) is 9.19. The Morgan fingerprint density at radius 2 is 0.909 bits per heavy atom. The second-order valence-corrected chi connectivity index (χ2v) is 9.19. The number of hydrogen-bond donors (Lipinski definition) is 3. The highest BCUT2D eigenvalue weighted by Gasteiger charge is 2.61. The summed E-state index contributed by atoms with van der Waals surface area (Å²) in [7, 11) is 0. The highest BCUT2D eigenvalue weighted by molar-refractivity contribution is 5.12. The molecule has 4 aliphatic carbocycles. The Balaban J connectivity index is 1.82. The molecule has 4 rings (SSSR count). The number of nitrogens with two attached hydrogens (primary N) is 3. The first-order chi connectivity index (χ1) is 10.6. The number of rotatable bonds is 9. The van der Waals surface area contributed by atoms with E-state index < -0.39 is 0 Å². The maximum absolute atomic E-state index is 5.85. The van der Waals surface area contributed by atoms with E-state index in [1.165, 1.54) is 77.0 Å². The normalized spacial score (nSPS) is 43.0. The molecule has 0 atom stereocenters. The zero-order chi connectivity index (χ0) is 15.7. The summed E-state index contributed by atoms with van der Waals surface area (Å²) in [5.74, 6) is 0.976. The summed E-state index contributed by atoms with van der Waals surface area (Å²) in [5.41, 5.74) is 19.4. The van der Waals surface area contributed by atoms with E-state index >= 15 is 0 Å². The van der Waals surface area contributed by atoms with Crippen LogP contribution in [0.25, 0.3) is 0 Å². The summed E-state index contributed by atoms with van der Waals surface area (Å²) >= 11 is 0. The predicted molar refractivity (Wildman–Crippen MR) is 93.4 cm³/mol. The van der Waals surface area contributed by atoms with Gasteiger partial charge in [0, 0.05) is 0 Å². The lowest BCUT2D eigenvalue weighted by molar-refractivity contribution is -0.168. The third-order valence-corrected chi connectivity index (χ3v) is 7.15. The Hall–Kier alpha value is -0.120. The average Bonchev–Trinajstić information content (AvgIpc) is 2.48. The molecule has 0 aromatic rings. The van der Waals surface area contributed by atoms with Crippen LogP contribution in [0.5, 0.6) is 0 Å². The van der Waals surface area contributed by atoms with Crippen LogP contribution in [0.2, 0.25) is 0 Å². The van der Waals surface area contributed by atoms with Crippen molar-refractivity contribution in [3.05, 3.63) is 0 Å². The predicted octanol–water partition coefficient (Wildman–Crippen LogP) is 3.16. The van der Waals surface area contributed by atoms with Crippen molar-refractivity contribution in [3.8, 4) is 0 Å². The van der Waals surface area contributed by atoms with E-state index in [1.54, 1.807) is 0 Å². The van der Waals surface area contributed by atoms with E-state index in [1.807, 2.05) is 0 Å². The summed E-state index contributed by atoms with van der Waals surface area (Å²) in [6.07, 6.45) is 16.6. The summed E-state index contributed by atoms with van der Waals surface area (Å²) in [6, 6.07) is 0. The standard InChI is InChI=1S/C19H37N3/c20-7-1-4-17-10-16-11-18(13-17,5-2-8-21)15-19(12-16,14-17)6-3-9-22/h16H,1-15,20-22H2. The Bertz CT molecular complexity index is 316. The topological polar surface area (TPSA) is 78.1 Å². The molecule has 3 nitrogen and oxygen atoms in total. The minimum Gasteiger partial charge on any atom is -0.330 e. The summed E-state index contributed by atoms with van der Waals surface area (Å²) in [4.78, 5) is 0. The minimum atomic E-state index is 0.613. The van der Waals surface area contributed by atoms with Gasteiger partial charge in [0.1, 0.15) is 0 Å². The van der Waals surface area contributed by atoms with Crippen molar-refractivity contribution in [2.45, 2.75) is 77.0 Å². The lowest BCUT2D eigenvalue weighted by Crippen LogP contribution is -2.57. The highest BCUT2D eigenvalue weighted by atomic mass is 14.7. The SMILES string of the molecule is NCCCC12CC3CC(CCCN)(C1)CC(CCCN)(C3)C2. The van der Waals surface area contributed by atoms with E-state index in [0.717, 1.165) is 25.6 Å². The Morgan fingerprint density at radius 1 is 0.591 bits per heavy atom. The summed E-state index contributed by atoms with van der Waals surface area (Å²) < 4.78 is 0. The van der Waals surface area contributed by atoms with Crippen LogP contribution in [0.1, 0.15) is 77.0 Å². The van der Waals surface area contributed by atoms with Gasteiger partial charge in [-0.2, -0.15) is 0 Å². The van der Waals surface area contributed by atoms with Crippen molar-refractivity contribution in [2.75, 3.05) is 19.6 Å². The fraction of sp³-hybridized carbons (Fsp3) is 1.00. The highest BCUT2D eigenvalue weighted by Crippen LogP contribution is 2.72. The molecule has 0 spiro atoms. The van der Waals surface area contributed by atoms with Gasteiger partial charge >= 0.3 is 0 Å². The molecule has 22 heavy (non-hydrogen) atoms. The third kappa shape index (κ3) is 3.09. The molecule has 0 amide bonds.